The lowest BCUT2D eigenvalue weighted by Gasteiger charge is -2.26. The van der Waals surface area contributed by atoms with Crippen LogP contribution in [0.3, 0.4) is 0 Å². The van der Waals surface area contributed by atoms with Gasteiger partial charge in [0.25, 0.3) is 5.91 Å². The second-order valence-electron chi connectivity index (χ2n) is 5.34. The molecule has 0 N–H and O–H groups in total. The van der Waals surface area contributed by atoms with Gasteiger partial charge in [0.15, 0.2) is 0 Å². The van der Waals surface area contributed by atoms with Crippen LogP contribution in [0.15, 0.2) is 18.3 Å². The van der Waals surface area contributed by atoms with E-state index in [0.29, 0.717) is 11.4 Å². The number of hydrogen-bond donors (Lipinski definition) is 0. The van der Waals surface area contributed by atoms with E-state index < -0.39 is 0 Å². The van der Waals surface area contributed by atoms with Crippen LogP contribution in [0.4, 0.5) is 0 Å². The second-order valence-corrected chi connectivity index (χ2v) is 6.49. The molecule has 2 saturated heterocycles. The van der Waals surface area contributed by atoms with Crippen molar-refractivity contribution in [1.82, 2.24) is 9.88 Å². The Bertz CT molecular complexity index is 451. The van der Waals surface area contributed by atoms with Crippen molar-refractivity contribution in [2.45, 2.75) is 31.8 Å². The molecule has 108 valence electrons. The van der Waals surface area contributed by atoms with Crippen molar-refractivity contribution >= 4 is 17.7 Å². The molecule has 20 heavy (non-hydrogen) atoms. The van der Waals surface area contributed by atoms with E-state index in [4.69, 9.17) is 4.74 Å². The Balaban J connectivity index is 1.61. The van der Waals surface area contributed by atoms with Crippen LogP contribution < -0.4 is 4.74 Å². The maximum Gasteiger partial charge on any atom is 0.255 e. The van der Waals surface area contributed by atoms with E-state index >= 15 is 0 Å². The highest BCUT2D eigenvalue weighted by atomic mass is 32.2. The van der Waals surface area contributed by atoms with Gasteiger partial charge in [0, 0.05) is 31.1 Å². The zero-order valence-electron chi connectivity index (χ0n) is 11.6. The maximum absolute atomic E-state index is 12.3. The van der Waals surface area contributed by atoms with E-state index in [1.54, 1.807) is 6.20 Å². The summed E-state index contributed by atoms with van der Waals surface area (Å²) in [5.41, 5.74) is 0.667. The quantitative estimate of drug-likeness (QED) is 0.859. The number of piperidine rings is 1. The monoisotopic (exact) mass is 292 g/mol. The minimum atomic E-state index is 0.0974. The fourth-order valence-corrected chi connectivity index (χ4v) is 3.73. The molecule has 4 nitrogen and oxygen atoms in total. The molecule has 3 heterocycles. The molecule has 0 aliphatic carbocycles. The lowest BCUT2D eigenvalue weighted by molar-refractivity contribution is 0.0724. The average Bonchev–Trinajstić information content (AvgIpc) is 3.01. The average molecular weight is 292 g/mol. The summed E-state index contributed by atoms with van der Waals surface area (Å²) in [6, 6.07) is 3.65. The molecule has 0 saturated carbocycles. The molecule has 5 heteroatoms. The molecule has 0 aromatic carbocycles. The third kappa shape index (κ3) is 3.26. The molecule has 3 rings (SSSR count). The van der Waals surface area contributed by atoms with Crippen LogP contribution >= 0.6 is 11.8 Å². The molecule has 2 aliphatic rings. The number of rotatable bonds is 3. The zero-order valence-corrected chi connectivity index (χ0v) is 12.4. The lowest BCUT2D eigenvalue weighted by Crippen LogP contribution is -2.35. The van der Waals surface area contributed by atoms with Crippen molar-refractivity contribution in [3.63, 3.8) is 0 Å². The summed E-state index contributed by atoms with van der Waals surface area (Å²) < 4.78 is 5.80. The van der Waals surface area contributed by atoms with E-state index in [2.05, 4.69) is 4.98 Å². The van der Waals surface area contributed by atoms with Gasteiger partial charge in [0.2, 0.25) is 5.88 Å². The third-order valence-corrected chi connectivity index (χ3v) is 4.93. The van der Waals surface area contributed by atoms with Gasteiger partial charge in [-0.05, 0) is 37.5 Å². The van der Waals surface area contributed by atoms with E-state index in [9.17, 15) is 4.79 Å². The first kappa shape index (κ1) is 13.7. The van der Waals surface area contributed by atoms with Crippen molar-refractivity contribution in [1.29, 1.82) is 0 Å². The number of hydrogen-bond acceptors (Lipinski definition) is 4. The van der Waals surface area contributed by atoms with Crippen LogP contribution in [-0.2, 0) is 0 Å². The Morgan fingerprint density at radius 1 is 1.30 bits per heavy atom. The van der Waals surface area contributed by atoms with Gasteiger partial charge in [-0.3, -0.25) is 4.79 Å². The van der Waals surface area contributed by atoms with Crippen LogP contribution in [0.2, 0.25) is 0 Å². The number of pyridine rings is 1. The summed E-state index contributed by atoms with van der Waals surface area (Å²) in [5.74, 6) is 2.93. The van der Waals surface area contributed by atoms with Crippen LogP contribution in [-0.4, -0.2) is 46.5 Å². The summed E-state index contributed by atoms with van der Waals surface area (Å²) in [4.78, 5) is 18.5. The molecule has 1 unspecified atom stereocenters. The SMILES string of the molecule is O=C(c1ccc(OC2CCSC2)nc1)N1CCCCC1. The van der Waals surface area contributed by atoms with Crippen molar-refractivity contribution in [3.8, 4) is 5.88 Å². The van der Waals surface area contributed by atoms with E-state index in [0.717, 1.165) is 43.9 Å². The Kier molecular flexibility index (Phi) is 4.45. The first-order valence-electron chi connectivity index (χ1n) is 7.33. The van der Waals surface area contributed by atoms with Gasteiger partial charge in [0.05, 0.1) is 5.56 Å². The van der Waals surface area contributed by atoms with Crippen LogP contribution in [0.5, 0.6) is 5.88 Å². The Morgan fingerprint density at radius 2 is 2.15 bits per heavy atom. The smallest absolute Gasteiger partial charge is 0.255 e. The third-order valence-electron chi connectivity index (χ3n) is 3.80. The Morgan fingerprint density at radius 3 is 2.80 bits per heavy atom. The van der Waals surface area contributed by atoms with Crippen molar-refractivity contribution in [3.05, 3.63) is 23.9 Å². The van der Waals surface area contributed by atoms with Gasteiger partial charge in [-0.2, -0.15) is 11.8 Å². The number of ether oxygens (including phenoxy) is 1. The molecule has 2 fully saturated rings. The van der Waals surface area contributed by atoms with Crippen molar-refractivity contribution in [2.75, 3.05) is 24.6 Å². The van der Waals surface area contributed by atoms with E-state index in [1.807, 2.05) is 28.8 Å². The fraction of sp³-hybridized carbons (Fsp3) is 0.600. The molecular weight excluding hydrogens is 272 g/mol. The molecule has 1 aromatic rings. The summed E-state index contributed by atoms with van der Waals surface area (Å²) in [6.45, 7) is 1.74. The second kappa shape index (κ2) is 6.48. The summed E-state index contributed by atoms with van der Waals surface area (Å²) >= 11 is 1.91. The predicted molar refractivity (Wildman–Crippen MR) is 80.3 cm³/mol. The molecule has 0 bridgehead atoms. The predicted octanol–water partition coefficient (Wildman–Crippen LogP) is 2.59. The van der Waals surface area contributed by atoms with Crippen molar-refractivity contribution < 1.29 is 9.53 Å². The number of carbonyl (C=O) groups is 1. The molecule has 1 amide bonds. The first-order valence-corrected chi connectivity index (χ1v) is 8.48. The standard InChI is InChI=1S/C15H20N2O2S/c18-15(17-7-2-1-3-8-17)12-4-5-14(16-10-12)19-13-6-9-20-11-13/h4-5,10,13H,1-3,6-9,11H2. The summed E-state index contributed by atoms with van der Waals surface area (Å²) in [6.07, 6.45) is 6.46. The summed E-state index contributed by atoms with van der Waals surface area (Å²) in [5, 5.41) is 0. The van der Waals surface area contributed by atoms with Crippen LogP contribution in [0.1, 0.15) is 36.0 Å². The fourth-order valence-electron chi connectivity index (χ4n) is 2.63. The molecule has 0 spiro atoms. The highest BCUT2D eigenvalue weighted by molar-refractivity contribution is 7.99. The number of nitrogens with zero attached hydrogens (tertiary/aromatic N) is 2. The molecule has 1 atom stereocenters. The molecule has 2 aliphatic heterocycles. The molecule has 0 radical (unpaired) electrons. The zero-order chi connectivity index (χ0) is 13.8. The highest BCUT2D eigenvalue weighted by Crippen LogP contribution is 2.22. The Labute approximate surface area is 123 Å². The Hall–Kier alpha value is -1.23. The van der Waals surface area contributed by atoms with Gasteiger partial charge in [0.1, 0.15) is 6.10 Å². The number of amides is 1. The number of carbonyl (C=O) groups excluding carboxylic acids is 1. The van der Waals surface area contributed by atoms with Gasteiger partial charge >= 0.3 is 0 Å². The van der Waals surface area contributed by atoms with E-state index in [1.165, 1.54) is 6.42 Å². The first-order chi connectivity index (χ1) is 9.83. The number of thioether (sulfide) groups is 1. The van der Waals surface area contributed by atoms with Gasteiger partial charge in [-0.25, -0.2) is 4.98 Å². The lowest BCUT2D eigenvalue weighted by atomic mass is 10.1. The minimum Gasteiger partial charge on any atom is -0.473 e. The normalized spacial score (nSPS) is 22.8. The van der Waals surface area contributed by atoms with Crippen LogP contribution in [0, 0.1) is 0 Å². The van der Waals surface area contributed by atoms with Gasteiger partial charge in [-0.1, -0.05) is 0 Å². The molecule has 1 aromatic heterocycles. The van der Waals surface area contributed by atoms with Crippen molar-refractivity contribution in [2.24, 2.45) is 0 Å². The van der Waals surface area contributed by atoms with Crippen LogP contribution in [0.25, 0.3) is 0 Å². The van der Waals surface area contributed by atoms with E-state index in [-0.39, 0.29) is 12.0 Å². The largest absolute Gasteiger partial charge is 0.473 e. The van der Waals surface area contributed by atoms with Gasteiger partial charge < -0.3 is 9.64 Å². The highest BCUT2D eigenvalue weighted by Gasteiger charge is 2.20. The maximum atomic E-state index is 12.3. The molecular formula is C15H20N2O2S. The summed E-state index contributed by atoms with van der Waals surface area (Å²) in [7, 11) is 0. The van der Waals surface area contributed by atoms with Gasteiger partial charge in [-0.15, -0.1) is 0 Å². The number of likely N-dealkylation sites (tertiary alicyclic amines) is 1. The topological polar surface area (TPSA) is 42.4 Å². The minimum absolute atomic E-state index is 0.0974. The number of aromatic nitrogens is 1.